The van der Waals surface area contributed by atoms with Gasteiger partial charge >= 0.3 is 0 Å². The molecular formula is C19H20BrN3O3. The second kappa shape index (κ2) is 9.15. The van der Waals surface area contributed by atoms with Crippen molar-refractivity contribution in [1.82, 2.24) is 10.9 Å². The fourth-order valence-electron chi connectivity index (χ4n) is 2.19. The standard InChI is InChI=1S/C19H20BrN3O3/c1-23(2)16-5-3-4-14(12-16)19(26)22-21-18(25)11-10-17(24)13-6-8-15(20)9-7-13/h3-9,12H,10-11H2,1-2H3,(H,21,25)(H,22,26). The molecule has 0 aliphatic rings. The maximum Gasteiger partial charge on any atom is 0.269 e. The van der Waals surface area contributed by atoms with E-state index in [0.29, 0.717) is 11.1 Å². The Morgan fingerprint density at radius 2 is 1.62 bits per heavy atom. The first-order chi connectivity index (χ1) is 12.4. The number of Topliss-reactive ketones (excluding diaryl/α,β-unsaturated/α-hetero) is 1. The maximum absolute atomic E-state index is 12.1. The SMILES string of the molecule is CN(C)c1cccc(C(=O)NNC(=O)CCC(=O)c2ccc(Br)cc2)c1. The molecular weight excluding hydrogens is 398 g/mol. The molecule has 136 valence electrons. The third-order valence-corrected chi connectivity index (χ3v) is 4.21. The summed E-state index contributed by atoms with van der Waals surface area (Å²) in [6, 6.07) is 14.0. The van der Waals surface area contributed by atoms with Crippen molar-refractivity contribution in [2.45, 2.75) is 12.8 Å². The Balaban J connectivity index is 1.81. The molecule has 6 nitrogen and oxygen atoms in total. The van der Waals surface area contributed by atoms with E-state index in [0.717, 1.165) is 10.2 Å². The van der Waals surface area contributed by atoms with E-state index in [-0.39, 0.29) is 18.6 Å². The van der Waals surface area contributed by atoms with Gasteiger partial charge in [0.15, 0.2) is 5.78 Å². The first-order valence-electron chi connectivity index (χ1n) is 8.02. The van der Waals surface area contributed by atoms with Gasteiger partial charge in [-0.25, -0.2) is 0 Å². The van der Waals surface area contributed by atoms with E-state index in [1.54, 1.807) is 42.5 Å². The van der Waals surface area contributed by atoms with E-state index in [2.05, 4.69) is 26.8 Å². The topological polar surface area (TPSA) is 78.5 Å². The highest BCUT2D eigenvalue weighted by atomic mass is 79.9. The molecule has 0 spiro atoms. The molecule has 0 atom stereocenters. The molecule has 0 saturated carbocycles. The molecule has 2 N–H and O–H groups in total. The van der Waals surface area contributed by atoms with E-state index in [9.17, 15) is 14.4 Å². The van der Waals surface area contributed by atoms with Gasteiger partial charge < -0.3 is 4.90 Å². The zero-order valence-electron chi connectivity index (χ0n) is 14.6. The van der Waals surface area contributed by atoms with Gasteiger partial charge in [-0.15, -0.1) is 0 Å². The molecule has 0 saturated heterocycles. The number of ketones is 1. The van der Waals surface area contributed by atoms with E-state index in [1.807, 2.05) is 25.1 Å². The van der Waals surface area contributed by atoms with Crippen molar-refractivity contribution in [2.75, 3.05) is 19.0 Å². The number of nitrogens with zero attached hydrogens (tertiary/aromatic N) is 1. The van der Waals surface area contributed by atoms with Crippen molar-refractivity contribution in [3.05, 3.63) is 64.1 Å². The third-order valence-electron chi connectivity index (χ3n) is 3.69. The second-order valence-corrected chi connectivity index (χ2v) is 6.79. The number of hydrogen-bond donors (Lipinski definition) is 2. The Labute approximate surface area is 160 Å². The van der Waals surface area contributed by atoms with Crippen molar-refractivity contribution < 1.29 is 14.4 Å². The highest BCUT2D eigenvalue weighted by Gasteiger charge is 2.11. The number of rotatable bonds is 6. The van der Waals surface area contributed by atoms with Crippen LogP contribution in [0.25, 0.3) is 0 Å². The number of carbonyl (C=O) groups is 3. The van der Waals surface area contributed by atoms with Gasteiger partial charge in [0.2, 0.25) is 5.91 Å². The number of carbonyl (C=O) groups excluding carboxylic acids is 3. The number of hydrogen-bond acceptors (Lipinski definition) is 4. The Kier molecular flexibility index (Phi) is 6.91. The minimum absolute atomic E-state index is 0.00703. The van der Waals surface area contributed by atoms with Crippen LogP contribution in [0.2, 0.25) is 0 Å². The van der Waals surface area contributed by atoms with Crippen LogP contribution in [-0.2, 0) is 4.79 Å². The first-order valence-corrected chi connectivity index (χ1v) is 8.81. The van der Waals surface area contributed by atoms with Crippen molar-refractivity contribution in [3.63, 3.8) is 0 Å². The summed E-state index contributed by atoms with van der Waals surface area (Å²) in [4.78, 5) is 37.9. The molecule has 2 aromatic carbocycles. The number of amides is 2. The lowest BCUT2D eigenvalue weighted by Gasteiger charge is -2.13. The van der Waals surface area contributed by atoms with Crippen LogP contribution < -0.4 is 15.8 Å². The van der Waals surface area contributed by atoms with E-state index in [1.165, 1.54) is 0 Å². The number of hydrazine groups is 1. The fourth-order valence-corrected chi connectivity index (χ4v) is 2.46. The minimum atomic E-state index is -0.424. The van der Waals surface area contributed by atoms with Crippen LogP contribution in [0.1, 0.15) is 33.6 Å². The zero-order valence-corrected chi connectivity index (χ0v) is 16.2. The van der Waals surface area contributed by atoms with Gasteiger partial charge in [0.25, 0.3) is 5.91 Å². The fraction of sp³-hybridized carbons (Fsp3) is 0.211. The summed E-state index contributed by atoms with van der Waals surface area (Å²) in [7, 11) is 3.75. The van der Waals surface area contributed by atoms with Crippen molar-refractivity contribution in [2.24, 2.45) is 0 Å². The number of nitrogens with one attached hydrogen (secondary N) is 2. The maximum atomic E-state index is 12.1. The largest absolute Gasteiger partial charge is 0.378 e. The summed E-state index contributed by atoms with van der Waals surface area (Å²) in [6.07, 6.45) is 0.0619. The van der Waals surface area contributed by atoms with Crippen LogP contribution in [0.5, 0.6) is 0 Å². The summed E-state index contributed by atoms with van der Waals surface area (Å²) >= 11 is 3.30. The van der Waals surface area contributed by atoms with Crippen LogP contribution in [0.3, 0.4) is 0 Å². The minimum Gasteiger partial charge on any atom is -0.378 e. The monoisotopic (exact) mass is 417 g/mol. The summed E-state index contributed by atoms with van der Waals surface area (Å²) in [5, 5.41) is 0. The first kappa shape index (κ1) is 19.7. The van der Waals surface area contributed by atoms with E-state index < -0.39 is 11.8 Å². The van der Waals surface area contributed by atoms with Gasteiger partial charge in [-0.1, -0.05) is 34.1 Å². The van der Waals surface area contributed by atoms with Crippen LogP contribution >= 0.6 is 15.9 Å². The highest BCUT2D eigenvalue weighted by molar-refractivity contribution is 9.10. The van der Waals surface area contributed by atoms with Gasteiger partial charge in [0.1, 0.15) is 0 Å². The third kappa shape index (κ3) is 5.70. The Morgan fingerprint density at radius 3 is 2.27 bits per heavy atom. The molecule has 2 aromatic rings. The predicted octanol–water partition coefficient (Wildman–Crippen LogP) is 2.94. The zero-order chi connectivity index (χ0) is 19.1. The molecule has 0 fully saturated rings. The summed E-state index contributed by atoms with van der Waals surface area (Å²) in [5.41, 5.74) is 6.55. The van der Waals surface area contributed by atoms with Crippen molar-refractivity contribution >= 4 is 39.2 Å². The lowest BCUT2D eigenvalue weighted by atomic mass is 10.1. The Hall–Kier alpha value is -2.67. The molecule has 2 amide bonds. The lowest BCUT2D eigenvalue weighted by Crippen LogP contribution is -2.41. The predicted molar refractivity (Wildman–Crippen MR) is 104 cm³/mol. The van der Waals surface area contributed by atoms with Crippen LogP contribution in [0, 0.1) is 0 Å². The summed E-state index contributed by atoms with van der Waals surface area (Å²) in [5.74, 6) is -0.966. The van der Waals surface area contributed by atoms with Crippen molar-refractivity contribution in [1.29, 1.82) is 0 Å². The molecule has 0 radical (unpaired) electrons. The summed E-state index contributed by atoms with van der Waals surface area (Å²) in [6.45, 7) is 0. The van der Waals surface area contributed by atoms with Gasteiger partial charge in [0, 0.05) is 48.2 Å². The van der Waals surface area contributed by atoms with Gasteiger partial charge in [-0.2, -0.15) is 0 Å². The molecule has 0 aliphatic carbocycles. The lowest BCUT2D eigenvalue weighted by molar-refractivity contribution is -0.121. The van der Waals surface area contributed by atoms with E-state index >= 15 is 0 Å². The van der Waals surface area contributed by atoms with E-state index in [4.69, 9.17) is 0 Å². The normalized spacial score (nSPS) is 10.1. The van der Waals surface area contributed by atoms with Crippen molar-refractivity contribution in [3.8, 4) is 0 Å². The smallest absolute Gasteiger partial charge is 0.269 e. The average Bonchev–Trinajstić information content (AvgIpc) is 2.64. The Morgan fingerprint density at radius 1 is 0.923 bits per heavy atom. The molecule has 0 unspecified atom stereocenters. The molecule has 2 rings (SSSR count). The molecule has 0 bridgehead atoms. The van der Waals surface area contributed by atoms with Crippen LogP contribution in [0.15, 0.2) is 53.0 Å². The molecule has 7 heteroatoms. The summed E-state index contributed by atoms with van der Waals surface area (Å²) < 4.78 is 0.882. The van der Waals surface area contributed by atoms with Crippen LogP contribution in [0.4, 0.5) is 5.69 Å². The highest BCUT2D eigenvalue weighted by Crippen LogP contribution is 2.14. The second-order valence-electron chi connectivity index (χ2n) is 5.88. The Bertz CT molecular complexity index is 804. The molecule has 0 aromatic heterocycles. The molecule has 0 aliphatic heterocycles. The number of anilines is 1. The average molecular weight is 418 g/mol. The molecule has 0 heterocycles. The van der Waals surface area contributed by atoms with Gasteiger partial charge in [-0.05, 0) is 30.3 Å². The number of halogens is 1. The van der Waals surface area contributed by atoms with Gasteiger partial charge in [0.05, 0.1) is 0 Å². The number of benzene rings is 2. The molecule has 26 heavy (non-hydrogen) atoms. The quantitative estimate of drug-likeness (QED) is 0.559. The van der Waals surface area contributed by atoms with Gasteiger partial charge in [-0.3, -0.25) is 25.2 Å². The van der Waals surface area contributed by atoms with Crippen LogP contribution in [-0.4, -0.2) is 31.7 Å².